The van der Waals surface area contributed by atoms with Gasteiger partial charge in [0.15, 0.2) is 6.61 Å². The highest BCUT2D eigenvalue weighted by atomic mass is 16.5. The smallest absolute Gasteiger partial charge is 0.276 e. The van der Waals surface area contributed by atoms with Gasteiger partial charge in [-0.3, -0.25) is 20.4 Å². The number of rotatable bonds is 9. The topological polar surface area (TPSA) is 76.7 Å². The second-order valence-electron chi connectivity index (χ2n) is 6.16. The van der Waals surface area contributed by atoms with Crippen LogP contribution in [0.1, 0.15) is 42.1 Å². The van der Waals surface area contributed by atoms with Crippen molar-refractivity contribution in [2.75, 3.05) is 13.2 Å². The van der Waals surface area contributed by atoms with Gasteiger partial charge in [-0.15, -0.1) is 0 Å². The minimum Gasteiger partial charge on any atom is -0.493 e. The first-order valence-corrected chi connectivity index (χ1v) is 9.10. The summed E-state index contributed by atoms with van der Waals surface area (Å²) >= 11 is 0. The molecule has 0 heterocycles. The van der Waals surface area contributed by atoms with Crippen molar-refractivity contribution in [2.24, 2.45) is 0 Å². The molecule has 2 aromatic rings. The normalized spacial score (nSPS) is 10.1. The Morgan fingerprint density at radius 1 is 0.963 bits per heavy atom. The van der Waals surface area contributed by atoms with Gasteiger partial charge in [0.1, 0.15) is 11.5 Å². The summed E-state index contributed by atoms with van der Waals surface area (Å²) in [6, 6.07) is 14.3. The number of ether oxygens (including phenoxy) is 2. The number of aryl methyl sites for hydroxylation is 1. The number of para-hydroxylation sites is 1. The van der Waals surface area contributed by atoms with E-state index in [1.165, 1.54) is 0 Å². The van der Waals surface area contributed by atoms with Gasteiger partial charge in [-0.1, -0.05) is 44.0 Å². The number of amides is 2. The van der Waals surface area contributed by atoms with Crippen molar-refractivity contribution in [3.63, 3.8) is 0 Å². The average molecular weight is 370 g/mol. The third kappa shape index (κ3) is 7.01. The maximum absolute atomic E-state index is 12.3. The zero-order valence-electron chi connectivity index (χ0n) is 15.8. The molecule has 2 N–H and O–H groups in total. The van der Waals surface area contributed by atoms with Gasteiger partial charge in [-0.2, -0.15) is 0 Å². The third-order valence-electron chi connectivity index (χ3n) is 3.81. The van der Waals surface area contributed by atoms with Gasteiger partial charge < -0.3 is 9.47 Å². The van der Waals surface area contributed by atoms with Gasteiger partial charge in [0.05, 0.1) is 12.2 Å². The first kappa shape index (κ1) is 20.3. The van der Waals surface area contributed by atoms with Crippen LogP contribution in [0.4, 0.5) is 0 Å². The number of benzene rings is 2. The summed E-state index contributed by atoms with van der Waals surface area (Å²) in [5.41, 5.74) is 6.15. The molecular weight excluding hydrogens is 344 g/mol. The Morgan fingerprint density at radius 3 is 2.56 bits per heavy atom. The Kier molecular flexibility index (Phi) is 8.16. The zero-order valence-corrected chi connectivity index (χ0v) is 15.8. The maximum Gasteiger partial charge on any atom is 0.276 e. The Morgan fingerprint density at radius 2 is 1.78 bits per heavy atom. The lowest BCUT2D eigenvalue weighted by Crippen LogP contribution is -2.43. The minimum absolute atomic E-state index is 0.196. The van der Waals surface area contributed by atoms with Gasteiger partial charge in [0.25, 0.3) is 11.8 Å². The van der Waals surface area contributed by atoms with Gasteiger partial charge in [-0.05, 0) is 43.2 Å². The van der Waals surface area contributed by atoms with Gasteiger partial charge in [-0.25, -0.2) is 0 Å². The zero-order chi connectivity index (χ0) is 19.5. The molecule has 0 saturated carbocycles. The van der Waals surface area contributed by atoms with Crippen molar-refractivity contribution in [3.05, 3.63) is 59.7 Å². The maximum atomic E-state index is 12.3. The van der Waals surface area contributed by atoms with E-state index >= 15 is 0 Å². The van der Waals surface area contributed by atoms with E-state index in [9.17, 15) is 9.59 Å². The molecule has 0 saturated heterocycles. The molecule has 0 aliphatic heterocycles. The van der Waals surface area contributed by atoms with Crippen LogP contribution in [0.25, 0.3) is 0 Å². The lowest BCUT2D eigenvalue weighted by atomic mass is 10.2. The van der Waals surface area contributed by atoms with Crippen LogP contribution in [0.5, 0.6) is 11.5 Å². The number of hydrazine groups is 1. The Bertz CT molecular complexity index is 761. The summed E-state index contributed by atoms with van der Waals surface area (Å²) in [5.74, 6) is 0.204. The fourth-order valence-electron chi connectivity index (χ4n) is 2.40. The molecule has 0 spiro atoms. The number of hydrogen-bond acceptors (Lipinski definition) is 4. The van der Waals surface area contributed by atoms with E-state index in [2.05, 4.69) is 17.8 Å². The first-order chi connectivity index (χ1) is 13.1. The quantitative estimate of drug-likeness (QED) is 0.524. The summed E-state index contributed by atoms with van der Waals surface area (Å²) in [6.45, 7) is 4.41. The van der Waals surface area contributed by atoms with Crippen LogP contribution < -0.4 is 20.3 Å². The molecule has 27 heavy (non-hydrogen) atoms. The van der Waals surface area contributed by atoms with Crippen molar-refractivity contribution in [2.45, 2.75) is 33.1 Å². The largest absolute Gasteiger partial charge is 0.493 e. The molecular formula is C21H26N2O4. The molecule has 2 rings (SSSR count). The van der Waals surface area contributed by atoms with E-state index in [-0.39, 0.29) is 6.61 Å². The van der Waals surface area contributed by atoms with Gasteiger partial charge in [0.2, 0.25) is 0 Å². The van der Waals surface area contributed by atoms with Crippen molar-refractivity contribution >= 4 is 11.8 Å². The van der Waals surface area contributed by atoms with Crippen LogP contribution in [-0.4, -0.2) is 25.0 Å². The molecule has 0 radical (unpaired) electrons. The number of hydrogen-bond donors (Lipinski definition) is 2. The van der Waals surface area contributed by atoms with E-state index < -0.39 is 11.8 Å². The fourth-order valence-corrected chi connectivity index (χ4v) is 2.40. The lowest BCUT2D eigenvalue weighted by Gasteiger charge is -2.12. The Labute approximate surface area is 159 Å². The predicted molar refractivity (Wildman–Crippen MR) is 104 cm³/mol. The molecule has 0 bridgehead atoms. The second-order valence-corrected chi connectivity index (χ2v) is 6.16. The van der Waals surface area contributed by atoms with Gasteiger partial charge in [0, 0.05) is 0 Å². The summed E-state index contributed by atoms with van der Waals surface area (Å²) in [7, 11) is 0. The highest BCUT2D eigenvalue weighted by molar-refractivity contribution is 5.97. The van der Waals surface area contributed by atoms with Crippen molar-refractivity contribution in [1.29, 1.82) is 0 Å². The minimum atomic E-state index is -0.453. The number of carbonyl (C=O) groups is 2. The highest BCUT2D eigenvalue weighted by Gasteiger charge is 2.13. The summed E-state index contributed by atoms with van der Waals surface area (Å²) in [4.78, 5) is 24.2. The van der Waals surface area contributed by atoms with Crippen LogP contribution in [0.3, 0.4) is 0 Å². The molecule has 2 amide bonds. The monoisotopic (exact) mass is 370 g/mol. The summed E-state index contributed by atoms with van der Waals surface area (Å²) < 4.78 is 11.1. The Hall–Kier alpha value is -3.02. The van der Waals surface area contributed by atoms with Crippen LogP contribution in [0.2, 0.25) is 0 Å². The molecule has 0 atom stereocenters. The van der Waals surface area contributed by atoms with E-state index in [1.54, 1.807) is 30.3 Å². The molecule has 0 aliphatic rings. The predicted octanol–water partition coefficient (Wildman–Crippen LogP) is 3.40. The second kappa shape index (κ2) is 10.9. The molecule has 144 valence electrons. The van der Waals surface area contributed by atoms with Crippen LogP contribution in [0.15, 0.2) is 48.5 Å². The lowest BCUT2D eigenvalue weighted by molar-refractivity contribution is -0.123. The number of unbranched alkanes of at least 4 members (excludes halogenated alkanes) is 2. The van der Waals surface area contributed by atoms with E-state index in [4.69, 9.17) is 9.47 Å². The molecule has 0 fully saturated rings. The molecule has 0 unspecified atom stereocenters. The van der Waals surface area contributed by atoms with Crippen molar-refractivity contribution < 1.29 is 19.1 Å². The van der Waals surface area contributed by atoms with Crippen LogP contribution >= 0.6 is 0 Å². The number of carbonyl (C=O) groups excluding carboxylic acids is 2. The van der Waals surface area contributed by atoms with Crippen LogP contribution in [-0.2, 0) is 4.79 Å². The van der Waals surface area contributed by atoms with Gasteiger partial charge >= 0.3 is 0 Å². The molecule has 2 aromatic carbocycles. The summed E-state index contributed by atoms with van der Waals surface area (Å²) in [5, 5.41) is 0. The van der Waals surface area contributed by atoms with Crippen molar-refractivity contribution in [1.82, 2.24) is 10.9 Å². The first-order valence-electron chi connectivity index (χ1n) is 9.10. The SMILES string of the molecule is CCCCCOc1ccccc1C(=O)NNC(=O)COc1cccc(C)c1. The summed E-state index contributed by atoms with van der Waals surface area (Å²) in [6.07, 6.45) is 3.10. The Balaban J connectivity index is 1.81. The van der Waals surface area contributed by atoms with E-state index in [0.29, 0.717) is 23.7 Å². The highest BCUT2D eigenvalue weighted by Crippen LogP contribution is 2.18. The molecule has 0 aromatic heterocycles. The van der Waals surface area contributed by atoms with Crippen LogP contribution in [0, 0.1) is 6.92 Å². The molecule has 0 aliphatic carbocycles. The molecule has 6 heteroatoms. The average Bonchev–Trinajstić information content (AvgIpc) is 2.68. The standard InChI is InChI=1S/C21H26N2O4/c1-3-4-7-13-26-19-12-6-5-11-18(19)21(25)23-22-20(24)15-27-17-10-8-9-16(2)14-17/h5-6,8-12,14H,3-4,7,13,15H2,1-2H3,(H,22,24)(H,23,25). The van der Waals surface area contributed by atoms with Crippen molar-refractivity contribution in [3.8, 4) is 11.5 Å². The number of nitrogens with one attached hydrogen (secondary N) is 2. The fraction of sp³-hybridized carbons (Fsp3) is 0.333. The van der Waals surface area contributed by atoms with E-state index in [0.717, 1.165) is 24.8 Å². The third-order valence-corrected chi connectivity index (χ3v) is 3.81. The molecule has 6 nitrogen and oxygen atoms in total. The van der Waals surface area contributed by atoms with E-state index in [1.807, 2.05) is 25.1 Å².